The summed E-state index contributed by atoms with van der Waals surface area (Å²) in [7, 11) is -7.09. The van der Waals surface area contributed by atoms with Gasteiger partial charge in [0.2, 0.25) is 0 Å². The molecular weight excluding hydrogens is 1130 g/mol. The van der Waals surface area contributed by atoms with E-state index < -0.39 is 40.1 Å². The number of benzene rings is 4. The predicted molar refractivity (Wildman–Crippen MR) is 286 cm³/mol. The molecule has 69 heavy (non-hydrogen) atoms. The molecule has 0 aliphatic carbocycles. The number of rotatable bonds is 8. The molecule has 4 N–H and O–H groups in total. The van der Waals surface area contributed by atoms with Crippen molar-refractivity contribution in [3.8, 4) is 0 Å². The molecule has 16 nitrogen and oxygen atoms in total. The molecule has 4 aliphatic heterocycles. The highest BCUT2D eigenvalue weighted by atomic mass is 127. The van der Waals surface area contributed by atoms with Crippen LogP contribution in [0, 0.1) is 3.57 Å². The number of hydrogen-bond donors (Lipinski definition) is 4. The molecule has 4 aromatic rings. The number of ether oxygens (including phenoxy) is 1. The van der Waals surface area contributed by atoms with E-state index in [2.05, 4.69) is 108 Å². The minimum Gasteiger partial charge on any atom is -0.382 e. The SMILES string of the molecule is C1CCNC1.CCOCC.Ic1ccccc1.O=C(Cl)C(=O)Cl.O=S(=O)(Cl)c1ccc(N2CCCC2)cc1.O=S(=O)(O)O.O=S(=O)(O)c1ccc(N2CCCC2)cc1.c1ccc(N2CCCC2)cc1. The zero-order valence-corrected chi connectivity index (χ0v) is 45.6. The lowest BCUT2D eigenvalue weighted by Crippen LogP contribution is -2.17. The van der Waals surface area contributed by atoms with E-state index in [1.807, 2.05) is 32.0 Å². The molecule has 4 aromatic carbocycles. The Bertz CT molecular complexity index is 2220. The summed E-state index contributed by atoms with van der Waals surface area (Å²) in [6, 6.07) is 33.9. The zero-order chi connectivity index (χ0) is 51.7. The summed E-state index contributed by atoms with van der Waals surface area (Å²) in [5.41, 5.74) is 3.46. The fraction of sp³-hybridized carbons (Fsp3) is 0.435. The predicted octanol–water partition coefficient (Wildman–Crippen LogP) is 9.60. The molecule has 0 bridgehead atoms. The van der Waals surface area contributed by atoms with Crippen molar-refractivity contribution >= 4 is 114 Å². The van der Waals surface area contributed by atoms with Crippen molar-refractivity contribution in [3.63, 3.8) is 0 Å². The van der Waals surface area contributed by atoms with Crippen molar-refractivity contribution in [1.82, 2.24) is 5.32 Å². The van der Waals surface area contributed by atoms with Crippen LogP contribution in [0.15, 0.2) is 119 Å². The molecule has 0 amide bonds. The largest absolute Gasteiger partial charge is 0.394 e. The zero-order valence-electron chi connectivity index (χ0n) is 38.7. The minimum atomic E-state index is -4.67. The van der Waals surface area contributed by atoms with Gasteiger partial charge in [0.25, 0.3) is 19.2 Å². The molecule has 4 fully saturated rings. The maximum absolute atomic E-state index is 11.0. The molecule has 386 valence electrons. The van der Waals surface area contributed by atoms with E-state index in [0.717, 1.165) is 50.8 Å². The Hall–Kier alpha value is -3.13. The highest BCUT2D eigenvalue weighted by Gasteiger charge is 2.16. The quantitative estimate of drug-likeness (QED) is 0.0557. The Morgan fingerprint density at radius 2 is 0.841 bits per heavy atom. The number of hydrogen-bond acceptors (Lipinski definition) is 13. The average molecular weight is 1190 g/mol. The van der Waals surface area contributed by atoms with E-state index in [4.69, 9.17) is 37.5 Å². The Morgan fingerprint density at radius 3 is 1.06 bits per heavy atom. The van der Waals surface area contributed by atoms with Gasteiger partial charge in [-0.3, -0.25) is 23.2 Å². The Balaban J connectivity index is 0.000000412. The summed E-state index contributed by atoms with van der Waals surface area (Å²) in [4.78, 5) is 25.9. The topological polar surface area (TPSA) is 228 Å². The lowest BCUT2D eigenvalue weighted by Gasteiger charge is -2.17. The average Bonchev–Trinajstić information content (AvgIpc) is 4.17. The van der Waals surface area contributed by atoms with Crippen LogP contribution in [0.5, 0.6) is 0 Å². The van der Waals surface area contributed by atoms with Crippen molar-refractivity contribution in [2.24, 2.45) is 0 Å². The number of nitrogens with zero attached hydrogens (tertiary/aromatic N) is 3. The Morgan fingerprint density at radius 1 is 0.536 bits per heavy atom. The molecule has 0 saturated carbocycles. The second-order valence-corrected chi connectivity index (χ2v) is 21.7. The summed E-state index contributed by atoms with van der Waals surface area (Å²) >= 11 is 11.3. The van der Waals surface area contributed by atoms with Crippen LogP contribution < -0.4 is 20.0 Å². The molecule has 0 radical (unpaired) electrons. The highest BCUT2D eigenvalue weighted by molar-refractivity contribution is 14.1. The van der Waals surface area contributed by atoms with Gasteiger partial charge in [0.15, 0.2) is 0 Å². The minimum absolute atomic E-state index is 0.0505. The van der Waals surface area contributed by atoms with E-state index >= 15 is 0 Å². The molecule has 8 rings (SSSR count). The fourth-order valence-corrected chi connectivity index (χ4v) is 8.12. The number of carbonyl (C=O) groups excluding carboxylic acids is 2. The lowest BCUT2D eigenvalue weighted by atomic mass is 10.3. The third-order valence-electron chi connectivity index (χ3n) is 9.68. The van der Waals surface area contributed by atoms with Gasteiger partial charge in [-0.2, -0.15) is 16.8 Å². The molecule has 0 spiro atoms. The molecule has 0 unspecified atom stereocenters. The van der Waals surface area contributed by atoms with Crippen molar-refractivity contribution in [1.29, 1.82) is 0 Å². The van der Waals surface area contributed by atoms with Crippen molar-refractivity contribution in [2.45, 2.75) is 75.0 Å². The van der Waals surface area contributed by atoms with Crippen LogP contribution >= 0.6 is 56.5 Å². The van der Waals surface area contributed by atoms with Crippen LogP contribution in [-0.4, -0.2) is 115 Å². The van der Waals surface area contributed by atoms with Crippen LogP contribution in [0.4, 0.5) is 17.1 Å². The van der Waals surface area contributed by atoms with Gasteiger partial charge in [-0.05, 0) is 197 Å². The smallest absolute Gasteiger partial charge is 0.382 e. The van der Waals surface area contributed by atoms with E-state index in [9.17, 15) is 26.4 Å². The van der Waals surface area contributed by atoms with Gasteiger partial charge in [-0.1, -0.05) is 36.4 Å². The van der Waals surface area contributed by atoms with E-state index in [1.54, 1.807) is 36.4 Å². The molecule has 0 aromatic heterocycles. The first kappa shape index (κ1) is 63.9. The standard InChI is InChI=1S/C10H12ClNO2S.C10H13NO3S.C10H13N.C6H5I.C4H9N.C4H10O.C2Cl2O2.H2O4S/c11-15(13,14)10-5-3-9(4-6-10)12-7-1-2-8-12;12-15(13,14)10-5-3-9(4-6-10)11-7-1-2-8-11;1-2-6-10(7-3-1)11-8-4-5-9-11;7-6-4-2-1-3-5-6;1-2-4-5-3-1;1-3-5-4-2;3-1(5)2(4)6;1-5(2,3)4/h3-6H,1-2,7-8H2;3-6H,1-2,7-8H2,(H,12,13,14);1-3,6-7H,4-5,8-9H2;1-5H;5H,1-4H2;3-4H2,1-2H3;;(H2,1,2,3,4). The number of halogens is 4. The number of para-hydroxylation sites is 1. The van der Waals surface area contributed by atoms with Crippen LogP contribution in [0.3, 0.4) is 0 Å². The Labute approximate surface area is 436 Å². The number of anilines is 3. The van der Waals surface area contributed by atoms with Crippen molar-refractivity contribution < 1.29 is 53.2 Å². The van der Waals surface area contributed by atoms with Gasteiger partial charge in [0.05, 0.1) is 9.79 Å². The summed E-state index contributed by atoms with van der Waals surface area (Å²) in [6.45, 7) is 14.8. The summed E-state index contributed by atoms with van der Waals surface area (Å²) in [6.07, 6.45) is 10.3. The molecule has 4 heterocycles. The molecule has 4 saturated heterocycles. The van der Waals surface area contributed by atoms with Gasteiger partial charge in [-0.15, -0.1) is 0 Å². The van der Waals surface area contributed by atoms with Gasteiger partial charge in [0.1, 0.15) is 0 Å². The number of carbonyl (C=O) groups is 2. The van der Waals surface area contributed by atoms with Gasteiger partial charge < -0.3 is 24.8 Å². The second-order valence-electron chi connectivity index (χ2n) is 14.8. The van der Waals surface area contributed by atoms with Crippen molar-refractivity contribution in [3.05, 3.63) is 113 Å². The molecule has 4 aliphatic rings. The molecule has 23 heteroatoms. The second kappa shape index (κ2) is 35.9. The Kier molecular flexibility index (Phi) is 33.2. The lowest BCUT2D eigenvalue weighted by molar-refractivity contribution is -0.127. The third kappa shape index (κ3) is 32.5. The molecular formula is C46H64Cl3IN4O12S3. The summed E-state index contributed by atoms with van der Waals surface area (Å²) in [5.74, 6) is 0. The third-order valence-corrected chi connectivity index (χ3v) is 13.1. The maximum atomic E-state index is 11.0. The maximum Gasteiger partial charge on any atom is 0.394 e. The van der Waals surface area contributed by atoms with Crippen LogP contribution in [-0.2, 0) is 43.9 Å². The monoisotopic (exact) mass is 1190 g/mol. The first-order valence-corrected chi connectivity index (χ1v) is 29.0. The van der Waals surface area contributed by atoms with Gasteiger partial charge >= 0.3 is 20.9 Å². The van der Waals surface area contributed by atoms with Gasteiger partial charge in [-0.25, -0.2) is 8.42 Å². The van der Waals surface area contributed by atoms with E-state index in [1.165, 1.54) is 98.9 Å². The molecule has 0 atom stereocenters. The van der Waals surface area contributed by atoms with Crippen LogP contribution in [0.1, 0.15) is 65.2 Å². The summed E-state index contributed by atoms with van der Waals surface area (Å²) < 4.78 is 90.2. The van der Waals surface area contributed by atoms with Crippen molar-refractivity contribution in [2.75, 3.05) is 80.3 Å². The first-order valence-electron chi connectivity index (χ1n) is 22.1. The summed E-state index contributed by atoms with van der Waals surface area (Å²) in [5, 5.41) is 0.938. The van der Waals surface area contributed by atoms with Crippen LogP contribution in [0.2, 0.25) is 0 Å². The first-order chi connectivity index (χ1) is 32.6. The highest BCUT2D eigenvalue weighted by Crippen LogP contribution is 2.24. The normalized spacial score (nSPS) is 14.9. The number of nitrogens with one attached hydrogen (secondary N) is 1. The van der Waals surface area contributed by atoms with Crippen LogP contribution in [0.25, 0.3) is 0 Å². The van der Waals surface area contributed by atoms with Gasteiger partial charge in [0, 0.05) is 83.8 Å². The van der Waals surface area contributed by atoms with E-state index in [0.29, 0.717) is 0 Å². The fourth-order valence-electron chi connectivity index (χ4n) is 6.46. The van der Waals surface area contributed by atoms with E-state index in [-0.39, 0.29) is 9.79 Å².